The number of hydrogen-bond donors (Lipinski definition) is 0. The number of carbonyl (C=O) groups excluding carboxylic acids is 3. The third kappa shape index (κ3) is 9.76. The van der Waals surface area contributed by atoms with E-state index in [0.29, 0.717) is 83.9 Å². The molecule has 1 aromatic heterocycles. The molecule has 2 atom stereocenters. The number of rotatable bonds is 18. The van der Waals surface area contributed by atoms with Crippen molar-refractivity contribution in [2.75, 3.05) is 65.9 Å². The van der Waals surface area contributed by atoms with E-state index in [-0.39, 0.29) is 36.6 Å². The normalized spacial score (nSPS) is 19.9. The average Bonchev–Trinajstić information content (AvgIpc) is 3.60. The maximum Gasteiger partial charge on any atom is 0.233 e. The molecule has 0 radical (unpaired) electrons. The van der Waals surface area contributed by atoms with Gasteiger partial charge >= 0.3 is 0 Å². The number of aromatic nitrogens is 3. The quantitative estimate of drug-likeness (QED) is 0.204. The standard InChI is InChI=1S/C25H41N5O7/c1-3-21-16-24(32)30(25(21)33)19-22-18-29(27-26-22)7-9-35-11-13-37-15-14-36-12-10-34-8-5-23(31)28-6-4-20(2)17-28/h18,20-21H,3-17,19H2,1-2H3/t20-,21?/m1/s1. The highest BCUT2D eigenvalue weighted by Crippen LogP contribution is 2.23. The molecule has 2 fully saturated rings. The Balaban J connectivity index is 1.10. The number of nitrogens with zero attached hydrogens (tertiary/aromatic N) is 5. The van der Waals surface area contributed by atoms with E-state index in [1.54, 1.807) is 10.9 Å². The van der Waals surface area contributed by atoms with Crippen LogP contribution in [0.4, 0.5) is 0 Å². The Labute approximate surface area is 218 Å². The minimum Gasteiger partial charge on any atom is -0.379 e. The number of ether oxygens (including phenoxy) is 4. The van der Waals surface area contributed by atoms with Gasteiger partial charge in [-0.05, 0) is 18.8 Å². The first-order chi connectivity index (χ1) is 18.0. The van der Waals surface area contributed by atoms with Gasteiger partial charge in [0.1, 0.15) is 5.69 Å². The Morgan fingerprint density at radius 2 is 1.65 bits per heavy atom. The van der Waals surface area contributed by atoms with Crippen molar-refractivity contribution >= 4 is 17.7 Å². The van der Waals surface area contributed by atoms with Crippen LogP contribution in [0.1, 0.15) is 45.2 Å². The summed E-state index contributed by atoms with van der Waals surface area (Å²) in [5.74, 6) is 0.285. The van der Waals surface area contributed by atoms with Crippen molar-refractivity contribution in [2.45, 2.75) is 52.6 Å². The number of likely N-dealkylation sites (tertiary alicyclic amines) is 2. The Kier molecular flexibility index (Phi) is 12.4. The van der Waals surface area contributed by atoms with Crippen LogP contribution in [0, 0.1) is 11.8 Å². The molecule has 0 N–H and O–H groups in total. The van der Waals surface area contributed by atoms with E-state index in [9.17, 15) is 14.4 Å². The molecule has 1 aromatic rings. The summed E-state index contributed by atoms with van der Waals surface area (Å²) in [5, 5.41) is 8.08. The summed E-state index contributed by atoms with van der Waals surface area (Å²) >= 11 is 0. The van der Waals surface area contributed by atoms with E-state index >= 15 is 0 Å². The van der Waals surface area contributed by atoms with Crippen LogP contribution in [0.15, 0.2) is 6.20 Å². The van der Waals surface area contributed by atoms with Gasteiger partial charge in [0.25, 0.3) is 0 Å². The van der Waals surface area contributed by atoms with Crippen LogP contribution in [-0.4, -0.2) is 108 Å². The zero-order valence-electron chi connectivity index (χ0n) is 22.1. The van der Waals surface area contributed by atoms with Crippen LogP contribution in [-0.2, 0) is 46.4 Å². The van der Waals surface area contributed by atoms with Crippen molar-refractivity contribution in [3.63, 3.8) is 0 Å². The first kappa shape index (κ1) is 29.2. The van der Waals surface area contributed by atoms with Crippen molar-refractivity contribution in [1.82, 2.24) is 24.8 Å². The zero-order chi connectivity index (χ0) is 26.5. The summed E-state index contributed by atoms with van der Waals surface area (Å²) in [6.45, 7) is 10.1. The van der Waals surface area contributed by atoms with Gasteiger partial charge in [-0.15, -0.1) is 5.10 Å². The molecule has 2 saturated heterocycles. The Hall–Kier alpha value is -2.41. The maximum atomic E-state index is 12.2. The molecule has 3 rings (SSSR count). The van der Waals surface area contributed by atoms with Gasteiger partial charge in [-0.25, -0.2) is 4.68 Å². The van der Waals surface area contributed by atoms with Crippen molar-refractivity contribution in [2.24, 2.45) is 11.8 Å². The number of imide groups is 1. The Morgan fingerprint density at radius 3 is 2.24 bits per heavy atom. The van der Waals surface area contributed by atoms with E-state index < -0.39 is 0 Å². The minimum atomic E-state index is -0.213. The second-order valence-corrected chi connectivity index (χ2v) is 9.53. The largest absolute Gasteiger partial charge is 0.379 e. The fourth-order valence-corrected chi connectivity index (χ4v) is 4.32. The molecule has 208 valence electrons. The van der Waals surface area contributed by atoms with Crippen molar-refractivity contribution < 1.29 is 33.3 Å². The molecule has 12 nitrogen and oxygen atoms in total. The number of amides is 3. The average molecular weight is 524 g/mol. The van der Waals surface area contributed by atoms with Crippen molar-refractivity contribution in [3.8, 4) is 0 Å². The summed E-state index contributed by atoms with van der Waals surface area (Å²) in [4.78, 5) is 39.5. The molecule has 0 bridgehead atoms. The van der Waals surface area contributed by atoms with Crippen LogP contribution in [0.3, 0.4) is 0 Å². The van der Waals surface area contributed by atoms with Crippen molar-refractivity contribution in [1.29, 1.82) is 0 Å². The lowest BCUT2D eigenvalue weighted by atomic mass is 10.1. The molecule has 3 heterocycles. The van der Waals surface area contributed by atoms with Crippen molar-refractivity contribution in [3.05, 3.63) is 11.9 Å². The van der Waals surface area contributed by atoms with Gasteiger partial charge in [0.05, 0.1) is 78.6 Å². The van der Waals surface area contributed by atoms with E-state index in [4.69, 9.17) is 18.9 Å². The number of hydrogen-bond acceptors (Lipinski definition) is 9. The molecule has 12 heteroatoms. The molecule has 0 spiro atoms. The van der Waals surface area contributed by atoms with E-state index in [1.165, 1.54) is 4.90 Å². The zero-order valence-corrected chi connectivity index (χ0v) is 22.1. The molecule has 0 saturated carbocycles. The van der Waals surface area contributed by atoms with Crippen LogP contribution in [0.5, 0.6) is 0 Å². The molecule has 2 aliphatic rings. The van der Waals surface area contributed by atoms with E-state index in [0.717, 1.165) is 19.5 Å². The van der Waals surface area contributed by atoms with Gasteiger partial charge in [0, 0.05) is 25.4 Å². The maximum absolute atomic E-state index is 12.2. The van der Waals surface area contributed by atoms with E-state index in [2.05, 4.69) is 17.2 Å². The summed E-state index contributed by atoms with van der Waals surface area (Å²) in [5.41, 5.74) is 0.581. The molecule has 0 aromatic carbocycles. The van der Waals surface area contributed by atoms with Gasteiger partial charge < -0.3 is 23.8 Å². The molecule has 37 heavy (non-hydrogen) atoms. The van der Waals surface area contributed by atoms with Gasteiger partial charge in [0.2, 0.25) is 17.7 Å². The molecule has 2 aliphatic heterocycles. The van der Waals surface area contributed by atoms with Gasteiger partial charge in [-0.3, -0.25) is 19.3 Å². The third-order valence-electron chi connectivity index (χ3n) is 6.55. The van der Waals surface area contributed by atoms with E-state index in [1.807, 2.05) is 11.8 Å². The van der Waals surface area contributed by atoms with Crippen LogP contribution in [0.2, 0.25) is 0 Å². The number of carbonyl (C=O) groups is 3. The van der Waals surface area contributed by atoms with Crippen LogP contribution < -0.4 is 0 Å². The molecular weight excluding hydrogens is 482 g/mol. The smallest absolute Gasteiger partial charge is 0.233 e. The predicted molar refractivity (Wildman–Crippen MR) is 132 cm³/mol. The summed E-state index contributed by atoms with van der Waals surface area (Å²) in [6.07, 6.45) is 4.19. The van der Waals surface area contributed by atoms with Gasteiger partial charge in [-0.2, -0.15) is 0 Å². The Morgan fingerprint density at radius 1 is 1.00 bits per heavy atom. The third-order valence-corrected chi connectivity index (χ3v) is 6.55. The molecule has 3 amide bonds. The highest BCUT2D eigenvalue weighted by molar-refractivity contribution is 6.03. The predicted octanol–water partition coefficient (Wildman–Crippen LogP) is 0.888. The lowest BCUT2D eigenvalue weighted by Crippen LogP contribution is -2.30. The lowest BCUT2D eigenvalue weighted by molar-refractivity contribution is -0.140. The first-order valence-corrected chi connectivity index (χ1v) is 13.3. The Bertz CT molecular complexity index is 864. The van der Waals surface area contributed by atoms with Gasteiger partial charge in [0.15, 0.2) is 0 Å². The lowest BCUT2D eigenvalue weighted by Gasteiger charge is -2.15. The summed E-state index contributed by atoms with van der Waals surface area (Å²) in [6, 6.07) is 0. The second-order valence-electron chi connectivity index (χ2n) is 9.53. The highest BCUT2D eigenvalue weighted by atomic mass is 16.6. The SMILES string of the molecule is CCC1CC(=O)N(Cc2cn(CCOCCOCCOCCOCCC(=O)N3CC[C@@H](C)C3)nn2)C1=O. The monoisotopic (exact) mass is 523 g/mol. The molecular formula is C25H41N5O7. The minimum absolute atomic E-state index is 0.125. The fraction of sp³-hybridized carbons (Fsp3) is 0.800. The first-order valence-electron chi connectivity index (χ1n) is 13.3. The topological polar surface area (TPSA) is 125 Å². The highest BCUT2D eigenvalue weighted by Gasteiger charge is 2.37. The van der Waals surface area contributed by atoms with Gasteiger partial charge in [-0.1, -0.05) is 19.1 Å². The fourth-order valence-electron chi connectivity index (χ4n) is 4.32. The summed E-state index contributed by atoms with van der Waals surface area (Å²) < 4.78 is 23.6. The molecule has 0 aliphatic carbocycles. The van der Waals surface area contributed by atoms with Crippen LogP contribution >= 0.6 is 0 Å². The molecule has 1 unspecified atom stereocenters. The summed E-state index contributed by atoms with van der Waals surface area (Å²) in [7, 11) is 0. The van der Waals surface area contributed by atoms with Crippen LogP contribution in [0.25, 0.3) is 0 Å². The second kappa shape index (κ2) is 15.8.